The first kappa shape index (κ1) is 17.0. The molecule has 1 heterocycles. The van der Waals surface area contributed by atoms with E-state index in [-0.39, 0.29) is 11.3 Å². The van der Waals surface area contributed by atoms with Gasteiger partial charge in [-0.1, -0.05) is 32.9 Å². The molecule has 1 aromatic carbocycles. The molecule has 0 aliphatic carbocycles. The summed E-state index contributed by atoms with van der Waals surface area (Å²) in [4.78, 5) is 15.9. The van der Waals surface area contributed by atoms with Gasteiger partial charge in [0, 0.05) is 18.9 Å². The lowest BCUT2D eigenvalue weighted by Gasteiger charge is -2.23. The van der Waals surface area contributed by atoms with Gasteiger partial charge < -0.3 is 10.1 Å². The van der Waals surface area contributed by atoms with Crippen LogP contribution in [0.2, 0.25) is 0 Å². The van der Waals surface area contributed by atoms with E-state index < -0.39 is 0 Å². The van der Waals surface area contributed by atoms with Crippen LogP contribution in [0.15, 0.2) is 42.7 Å². The number of methoxy groups -OCH3 is 1. The monoisotopic (exact) mass is 312 g/mol. The number of nitrogens with one attached hydrogen (secondary N) is 1. The molecule has 4 nitrogen and oxygen atoms in total. The number of hydrogen-bond acceptors (Lipinski definition) is 3. The zero-order valence-electron chi connectivity index (χ0n) is 14.2. The Balaban J connectivity index is 2.00. The fraction of sp³-hybridized carbons (Fsp3) is 0.368. The molecule has 0 saturated heterocycles. The van der Waals surface area contributed by atoms with E-state index in [1.807, 2.05) is 12.1 Å². The Morgan fingerprint density at radius 3 is 2.65 bits per heavy atom. The predicted octanol–water partition coefficient (Wildman–Crippen LogP) is 3.36. The lowest BCUT2D eigenvalue weighted by molar-refractivity contribution is 0.0954. The highest BCUT2D eigenvalue weighted by molar-refractivity contribution is 5.93. The van der Waals surface area contributed by atoms with Gasteiger partial charge in [0.15, 0.2) is 0 Å². The standard InChI is InChI=1S/C19H24N2O2/c1-19(2,3)16-12-14(7-8-17(16)23-4)9-11-21-18(22)15-6-5-10-20-13-15/h5-8,10,12-13H,9,11H2,1-4H3,(H,21,22). The highest BCUT2D eigenvalue weighted by atomic mass is 16.5. The Morgan fingerprint density at radius 1 is 1.26 bits per heavy atom. The molecule has 0 spiro atoms. The van der Waals surface area contributed by atoms with E-state index in [0.29, 0.717) is 12.1 Å². The summed E-state index contributed by atoms with van der Waals surface area (Å²) in [5.74, 6) is 0.809. The lowest BCUT2D eigenvalue weighted by Crippen LogP contribution is -2.25. The van der Waals surface area contributed by atoms with Gasteiger partial charge in [-0.05, 0) is 41.2 Å². The number of pyridine rings is 1. The number of benzene rings is 1. The fourth-order valence-corrected chi connectivity index (χ4v) is 2.42. The van der Waals surface area contributed by atoms with Gasteiger partial charge in [0.05, 0.1) is 12.7 Å². The lowest BCUT2D eigenvalue weighted by atomic mass is 9.85. The molecule has 1 amide bonds. The maximum absolute atomic E-state index is 12.0. The number of amides is 1. The molecule has 23 heavy (non-hydrogen) atoms. The Hall–Kier alpha value is -2.36. The third-order valence-electron chi connectivity index (χ3n) is 3.69. The smallest absolute Gasteiger partial charge is 0.252 e. The summed E-state index contributed by atoms with van der Waals surface area (Å²) >= 11 is 0. The molecular formula is C19H24N2O2. The average molecular weight is 312 g/mol. The number of hydrogen-bond donors (Lipinski definition) is 1. The van der Waals surface area contributed by atoms with E-state index in [9.17, 15) is 4.79 Å². The second-order valence-electron chi connectivity index (χ2n) is 6.53. The zero-order valence-corrected chi connectivity index (χ0v) is 14.2. The third-order valence-corrected chi connectivity index (χ3v) is 3.69. The van der Waals surface area contributed by atoms with Crippen molar-refractivity contribution in [2.45, 2.75) is 32.6 Å². The van der Waals surface area contributed by atoms with E-state index in [1.165, 1.54) is 11.1 Å². The maximum atomic E-state index is 12.0. The third kappa shape index (κ3) is 4.55. The van der Waals surface area contributed by atoms with Crippen molar-refractivity contribution in [3.05, 3.63) is 59.4 Å². The summed E-state index contributed by atoms with van der Waals surface area (Å²) in [6.07, 6.45) is 4.00. The van der Waals surface area contributed by atoms with Crippen molar-refractivity contribution in [1.82, 2.24) is 10.3 Å². The molecule has 0 saturated carbocycles. The normalized spacial score (nSPS) is 11.1. The fourth-order valence-electron chi connectivity index (χ4n) is 2.42. The SMILES string of the molecule is COc1ccc(CCNC(=O)c2cccnc2)cc1C(C)(C)C. The van der Waals surface area contributed by atoms with E-state index in [1.54, 1.807) is 31.6 Å². The summed E-state index contributed by atoms with van der Waals surface area (Å²) in [7, 11) is 1.69. The Bertz CT molecular complexity index is 661. The summed E-state index contributed by atoms with van der Waals surface area (Å²) in [6.45, 7) is 7.08. The van der Waals surface area contributed by atoms with Crippen LogP contribution in [0, 0.1) is 0 Å². The Kier molecular flexibility index (Phi) is 5.37. The topological polar surface area (TPSA) is 51.2 Å². The molecule has 0 aliphatic rings. The van der Waals surface area contributed by atoms with Crippen molar-refractivity contribution in [2.24, 2.45) is 0 Å². The van der Waals surface area contributed by atoms with Crippen LogP contribution in [-0.4, -0.2) is 24.5 Å². The molecule has 0 aliphatic heterocycles. The molecule has 0 atom stereocenters. The van der Waals surface area contributed by atoms with Crippen molar-refractivity contribution in [3.8, 4) is 5.75 Å². The van der Waals surface area contributed by atoms with Crippen molar-refractivity contribution in [2.75, 3.05) is 13.7 Å². The molecule has 0 unspecified atom stereocenters. The largest absolute Gasteiger partial charge is 0.496 e. The number of ether oxygens (including phenoxy) is 1. The summed E-state index contributed by atoms with van der Waals surface area (Å²) in [5, 5.41) is 2.92. The van der Waals surface area contributed by atoms with Crippen LogP contribution in [0.3, 0.4) is 0 Å². The molecule has 1 N–H and O–H groups in total. The Morgan fingerprint density at radius 2 is 2.04 bits per heavy atom. The molecular weight excluding hydrogens is 288 g/mol. The molecule has 0 bridgehead atoms. The van der Waals surface area contributed by atoms with Gasteiger partial charge in [0.25, 0.3) is 5.91 Å². The number of aromatic nitrogens is 1. The van der Waals surface area contributed by atoms with Crippen LogP contribution in [0.4, 0.5) is 0 Å². The van der Waals surface area contributed by atoms with Crippen LogP contribution in [-0.2, 0) is 11.8 Å². The molecule has 0 radical (unpaired) electrons. The minimum atomic E-state index is -0.0948. The quantitative estimate of drug-likeness (QED) is 0.921. The summed E-state index contributed by atoms with van der Waals surface area (Å²) in [5.41, 5.74) is 2.95. The van der Waals surface area contributed by atoms with Gasteiger partial charge in [0.2, 0.25) is 0 Å². The van der Waals surface area contributed by atoms with E-state index >= 15 is 0 Å². The van der Waals surface area contributed by atoms with Crippen molar-refractivity contribution < 1.29 is 9.53 Å². The molecule has 122 valence electrons. The minimum absolute atomic E-state index is 0.0142. The second-order valence-corrected chi connectivity index (χ2v) is 6.53. The molecule has 1 aromatic heterocycles. The first-order chi connectivity index (χ1) is 10.9. The summed E-state index contributed by atoms with van der Waals surface area (Å²) in [6, 6.07) is 9.72. The van der Waals surface area contributed by atoms with Crippen LogP contribution >= 0.6 is 0 Å². The second kappa shape index (κ2) is 7.27. The number of carbonyl (C=O) groups is 1. The number of rotatable bonds is 5. The summed E-state index contributed by atoms with van der Waals surface area (Å²) < 4.78 is 5.45. The average Bonchev–Trinajstić information content (AvgIpc) is 2.54. The van der Waals surface area contributed by atoms with E-state index in [4.69, 9.17) is 4.74 Å². The van der Waals surface area contributed by atoms with Crippen LogP contribution in [0.25, 0.3) is 0 Å². The first-order valence-electron chi connectivity index (χ1n) is 7.77. The predicted molar refractivity (Wildman–Crippen MR) is 92.0 cm³/mol. The maximum Gasteiger partial charge on any atom is 0.252 e. The van der Waals surface area contributed by atoms with Gasteiger partial charge in [-0.2, -0.15) is 0 Å². The molecule has 0 fully saturated rings. The van der Waals surface area contributed by atoms with Crippen molar-refractivity contribution >= 4 is 5.91 Å². The Labute approximate surface area is 137 Å². The van der Waals surface area contributed by atoms with Gasteiger partial charge in [0.1, 0.15) is 5.75 Å². The van der Waals surface area contributed by atoms with Crippen LogP contribution < -0.4 is 10.1 Å². The van der Waals surface area contributed by atoms with Crippen molar-refractivity contribution in [3.63, 3.8) is 0 Å². The van der Waals surface area contributed by atoms with Gasteiger partial charge in [-0.25, -0.2) is 0 Å². The molecule has 2 aromatic rings. The highest BCUT2D eigenvalue weighted by Gasteiger charge is 2.19. The zero-order chi connectivity index (χ0) is 16.9. The molecule has 4 heteroatoms. The van der Waals surface area contributed by atoms with E-state index in [0.717, 1.165) is 12.2 Å². The van der Waals surface area contributed by atoms with Crippen LogP contribution in [0.5, 0.6) is 5.75 Å². The highest BCUT2D eigenvalue weighted by Crippen LogP contribution is 2.32. The van der Waals surface area contributed by atoms with Gasteiger partial charge in [-0.3, -0.25) is 9.78 Å². The van der Waals surface area contributed by atoms with Crippen LogP contribution in [0.1, 0.15) is 42.3 Å². The number of nitrogens with zero attached hydrogens (tertiary/aromatic N) is 1. The van der Waals surface area contributed by atoms with Gasteiger partial charge in [-0.15, -0.1) is 0 Å². The first-order valence-corrected chi connectivity index (χ1v) is 7.77. The van der Waals surface area contributed by atoms with Crippen molar-refractivity contribution in [1.29, 1.82) is 0 Å². The van der Waals surface area contributed by atoms with Gasteiger partial charge >= 0.3 is 0 Å². The molecule has 2 rings (SSSR count). The number of carbonyl (C=O) groups excluding carboxylic acids is 1. The van der Waals surface area contributed by atoms with E-state index in [2.05, 4.69) is 37.1 Å². The minimum Gasteiger partial charge on any atom is -0.496 e.